The van der Waals surface area contributed by atoms with E-state index in [-0.39, 0.29) is 24.4 Å². The van der Waals surface area contributed by atoms with Gasteiger partial charge in [-0.25, -0.2) is 0 Å². The summed E-state index contributed by atoms with van der Waals surface area (Å²) in [5.74, 6) is 0.256. The Morgan fingerprint density at radius 3 is 2.50 bits per heavy atom. The van der Waals surface area contributed by atoms with E-state index in [2.05, 4.69) is 5.10 Å². The lowest BCUT2D eigenvalue weighted by Gasteiger charge is -2.05. The van der Waals surface area contributed by atoms with Crippen molar-refractivity contribution in [2.75, 3.05) is 6.54 Å². The van der Waals surface area contributed by atoms with Gasteiger partial charge in [-0.1, -0.05) is 13.8 Å². The first-order valence-electron chi connectivity index (χ1n) is 5.18. The fourth-order valence-electron chi connectivity index (χ4n) is 1.51. The molecule has 16 heavy (non-hydrogen) atoms. The molecule has 0 saturated carbocycles. The van der Waals surface area contributed by atoms with Gasteiger partial charge in [-0.15, -0.1) is 0 Å². The maximum Gasteiger partial charge on any atom is 0.435 e. The van der Waals surface area contributed by atoms with Gasteiger partial charge >= 0.3 is 6.18 Å². The average molecular weight is 235 g/mol. The lowest BCUT2D eigenvalue weighted by Crippen LogP contribution is -2.12. The molecule has 0 aliphatic rings. The van der Waals surface area contributed by atoms with Crippen molar-refractivity contribution < 1.29 is 13.2 Å². The summed E-state index contributed by atoms with van der Waals surface area (Å²) in [6.45, 7) is 4.53. The van der Waals surface area contributed by atoms with Crippen LogP contribution in [0, 0.1) is 5.92 Å². The maximum atomic E-state index is 12.6. The summed E-state index contributed by atoms with van der Waals surface area (Å²) in [6.07, 6.45) is -2.75. The molecule has 0 fully saturated rings. The van der Waals surface area contributed by atoms with E-state index in [1.54, 1.807) is 0 Å². The monoisotopic (exact) mass is 235 g/mol. The first-order chi connectivity index (χ1) is 7.34. The Kier molecular flexibility index (Phi) is 3.96. The minimum atomic E-state index is -4.40. The zero-order valence-electron chi connectivity index (χ0n) is 9.38. The minimum absolute atomic E-state index is 0.177. The summed E-state index contributed by atoms with van der Waals surface area (Å²) >= 11 is 0. The predicted molar refractivity (Wildman–Crippen MR) is 54.8 cm³/mol. The van der Waals surface area contributed by atoms with E-state index in [1.165, 1.54) is 10.9 Å². The number of hydrogen-bond donors (Lipinski definition) is 1. The molecule has 1 aromatic rings. The zero-order valence-corrected chi connectivity index (χ0v) is 9.38. The van der Waals surface area contributed by atoms with Crippen LogP contribution in [0.25, 0.3) is 0 Å². The zero-order chi connectivity index (χ0) is 12.3. The first-order valence-corrected chi connectivity index (χ1v) is 5.18. The SMILES string of the molecule is CC(C)Cn1cc(CCN)c(C(F)(F)F)n1. The van der Waals surface area contributed by atoms with Crippen LogP contribution in [0.5, 0.6) is 0 Å². The average Bonchev–Trinajstić information content (AvgIpc) is 2.46. The summed E-state index contributed by atoms with van der Waals surface area (Å²) in [4.78, 5) is 0. The van der Waals surface area contributed by atoms with Gasteiger partial charge in [-0.2, -0.15) is 18.3 Å². The molecule has 0 bridgehead atoms. The van der Waals surface area contributed by atoms with Crippen LogP contribution >= 0.6 is 0 Å². The maximum absolute atomic E-state index is 12.6. The van der Waals surface area contributed by atoms with Crippen LogP contribution in [0.15, 0.2) is 6.20 Å². The molecule has 2 N–H and O–H groups in total. The molecule has 0 amide bonds. The van der Waals surface area contributed by atoms with Crippen LogP contribution in [-0.4, -0.2) is 16.3 Å². The Morgan fingerprint density at radius 1 is 1.44 bits per heavy atom. The number of nitrogens with zero attached hydrogens (tertiary/aromatic N) is 2. The predicted octanol–water partition coefficient (Wildman–Crippen LogP) is 2.06. The molecule has 0 atom stereocenters. The van der Waals surface area contributed by atoms with Crippen molar-refractivity contribution in [1.82, 2.24) is 9.78 Å². The third-order valence-corrected chi connectivity index (χ3v) is 2.07. The second kappa shape index (κ2) is 4.86. The number of alkyl halides is 3. The molecule has 3 nitrogen and oxygen atoms in total. The molecule has 0 spiro atoms. The highest BCUT2D eigenvalue weighted by Crippen LogP contribution is 2.30. The van der Waals surface area contributed by atoms with Crippen molar-refractivity contribution in [3.05, 3.63) is 17.5 Å². The van der Waals surface area contributed by atoms with E-state index >= 15 is 0 Å². The molecular weight excluding hydrogens is 219 g/mol. The minimum Gasteiger partial charge on any atom is -0.330 e. The molecule has 0 unspecified atom stereocenters. The van der Waals surface area contributed by atoms with E-state index in [9.17, 15) is 13.2 Å². The van der Waals surface area contributed by atoms with Gasteiger partial charge < -0.3 is 5.73 Å². The summed E-state index contributed by atoms with van der Waals surface area (Å²) in [6, 6.07) is 0. The smallest absolute Gasteiger partial charge is 0.330 e. The number of rotatable bonds is 4. The van der Waals surface area contributed by atoms with Gasteiger partial charge in [0.15, 0.2) is 5.69 Å². The highest BCUT2D eigenvalue weighted by atomic mass is 19.4. The Balaban J connectivity index is 3.00. The van der Waals surface area contributed by atoms with Crippen LogP contribution in [0.2, 0.25) is 0 Å². The highest BCUT2D eigenvalue weighted by Gasteiger charge is 2.36. The van der Waals surface area contributed by atoms with Crippen molar-refractivity contribution in [2.24, 2.45) is 11.7 Å². The summed E-state index contributed by atoms with van der Waals surface area (Å²) in [5, 5.41) is 3.58. The van der Waals surface area contributed by atoms with E-state index < -0.39 is 11.9 Å². The Morgan fingerprint density at radius 2 is 2.06 bits per heavy atom. The normalized spacial score (nSPS) is 12.4. The quantitative estimate of drug-likeness (QED) is 0.868. The lowest BCUT2D eigenvalue weighted by atomic mass is 10.2. The van der Waals surface area contributed by atoms with Crippen LogP contribution in [-0.2, 0) is 19.1 Å². The van der Waals surface area contributed by atoms with E-state index in [0.717, 1.165) is 0 Å². The molecule has 92 valence electrons. The van der Waals surface area contributed by atoms with Gasteiger partial charge in [0.2, 0.25) is 0 Å². The number of halogens is 3. The van der Waals surface area contributed by atoms with Gasteiger partial charge in [0.05, 0.1) is 0 Å². The van der Waals surface area contributed by atoms with Crippen molar-refractivity contribution >= 4 is 0 Å². The molecule has 1 aromatic heterocycles. The lowest BCUT2D eigenvalue weighted by molar-refractivity contribution is -0.142. The van der Waals surface area contributed by atoms with Gasteiger partial charge in [-0.3, -0.25) is 4.68 Å². The van der Waals surface area contributed by atoms with Gasteiger partial charge in [-0.05, 0) is 18.9 Å². The first kappa shape index (κ1) is 13.0. The number of aromatic nitrogens is 2. The largest absolute Gasteiger partial charge is 0.435 e. The Labute approximate surface area is 92.4 Å². The third kappa shape index (κ3) is 3.23. The van der Waals surface area contributed by atoms with Gasteiger partial charge in [0.25, 0.3) is 0 Å². The molecule has 1 rings (SSSR count). The molecule has 1 heterocycles. The van der Waals surface area contributed by atoms with E-state index in [4.69, 9.17) is 5.73 Å². The van der Waals surface area contributed by atoms with Crippen LogP contribution in [0.3, 0.4) is 0 Å². The van der Waals surface area contributed by atoms with Crippen molar-refractivity contribution in [2.45, 2.75) is 33.0 Å². The second-order valence-electron chi connectivity index (χ2n) is 4.16. The standard InChI is InChI=1S/C10H16F3N3/c1-7(2)5-16-6-8(3-4-14)9(15-16)10(11,12)13/h6-7H,3-5,14H2,1-2H3. The van der Waals surface area contributed by atoms with E-state index in [0.29, 0.717) is 6.54 Å². The second-order valence-corrected chi connectivity index (χ2v) is 4.16. The van der Waals surface area contributed by atoms with Gasteiger partial charge in [0.1, 0.15) is 0 Å². The van der Waals surface area contributed by atoms with E-state index in [1.807, 2.05) is 13.8 Å². The van der Waals surface area contributed by atoms with Crippen molar-refractivity contribution in [3.8, 4) is 0 Å². The van der Waals surface area contributed by atoms with Crippen molar-refractivity contribution in [3.63, 3.8) is 0 Å². The number of hydrogen-bond acceptors (Lipinski definition) is 2. The van der Waals surface area contributed by atoms with Crippen LogP contribution < -0.4 is 5.73 Å². The molecule has 0 aliphatic carbocycles. The summed E-state index contributed by atoms with van der Waals surface area (Å²) in [7, 11) is 0. The third-order valence-electron chi connectivity index (χ3n) is 2.07. The molecule has 0 saturated heterocycles. The van der Waals surface area contributed by atoms with Crippen LogP contribution in [0.4, 0.5) is 13.2 Å². The highest BCUT2D eigenvalue weighted by molar-refractivity contribution is 5.20. The van der Waals surface area contributed by atoms with Gasteiger partial charge in [0, 0.05) is 18.3 Å². The fourth-order valence-corrected chi connectivity index (χ4v) is 1.51. The van der Waals surface area contributed by atoms with Crippen molar-refractivity contribution in [1.29, 1.82) is 0 Å². The topological polar surface area (TPSA) is 43.8 Å². The molecule has 0 aromatic carbocycles. The Bertz CT molecular complexity index is 342. The van der Waals surface area contributed by atoms with Crippen LogP contribution in [0.1, 0.15) is 25.1 Å². The molecule has 6 heteroatoms. The molecule has 0 aliphatic heterocycles. The Hall–Kier alpha value is -1.04. The number of nitrogens with two attached hydrogens (primary N) is 1. The molecular formula is C10H16F3N3. The summed E-state index contributed by atoms with van der Waals surface area (Å²) < 4.78 is 39.2. The molecule has 0 radical (unpaired) electrons. The summed E-state index contributed by atoms with van der Waals surface area (Å²) in [5.41, 5.74) is 4.65. The fraction of sp³-hybridized carbons (Fsp3) is 0.700.